The molecule has 0 unspecified atom stereocenters. The highest BCUT2D eigenvalue weighted by Gasteiger charge is 2.05. The van der Waals surface area contributed by atoms with E-state index in [2.05, 4.69) is 10.3 Å². The van der Waals surface area contributed by atoms with E-state index < -0.39 is 0 Å². The molecule has 4 heteroatoms. The Kier molecular flexibility index (Phi) is 3.89. The first-order valence-corrected chi connectivity index (χ1v) is 5.72. The molecule has 18 heavy (non-hydrogen) atoms. The van der Waals surface area contributed by atoms with E-state index in [1.54, 1.807) is 37.5 Å². The molecule has 0 spiro atoms. The second-order valence-electron chi connectivity index (χ2n) is 4.03. The van der Waals surface area contributed by atoms with E-state index in [1.807, 2.05) is 7.05 Å². The standard InChI is InChI=1S/C14H15FN2O/c1-10-7-12(3-4-13(10)15)18-14-5-6-17-9-11(14)8-16-2/h3-7,9,16H,8H2,1-2H3. The maximum Gasteiger partial charge on any atom is 0.134 e. The molecule has 1 aromatic heterocycles. The molecule has 0 aliphatic carbocycles. The molecule has 1 N–H and O–H groups in total. The van der Waals surface area contributed by atoms with E-state index in [0.29, 0.717) is 17.9 Å². The Morgan fingerprint density at radius 3 is 2.89 bits per heavy atom. The second kappa shape index (κ2) is 5.60. The maximum absolute atomic E-state index is 13.2. The van der Waals surface area contributed by atoms with Crippen molar-refractivity contribution in [1.29, 1.82) is 0 Å². The molecular formula is C14H15FN2O. The van der Waals surface area contributed by atoms with E-state index in [4.69, 9.17) is 4.74 Å². The predicted molar refractivity (Wildman–Crippen MR) is 68.2 cm³/mol. The van der Waals surface area contributed by atoms with Gasteiger partial charge in [-0.25, -0.2) is 4.39 Å². The summed E-state index contributed by atoms with van der Waals surface area (Å²) in [6.45, 7) is 2.38. The first-order chi connectivity index (χ1) is 8.70. The highest BCUT2D eigenvalue weighted by molar-refractivity contribution is 5.37. The summed E-state index contributed by atoms with van der Waals surface area (Å²) in [7, 11) is 1.86. The van der Waals surface area contributed by atoms with Crippen molar-refractivity contribution in [2.24, 2.45) is 0 Å². The summed E-state index contributed by atoms with van der Waals surface area (Å²) in [5.41, 5.74) is 1.53. The molecule has 94 valence electrons. The molecule has 1 heterocycles. The average Bonchev–Trinajstić information content (AvgIpc) is 2.37. The fourth-order valence-corrected chi connectivity index (χ4v) is 1.64. The van der Waals surface area contributed by atoms with Crippen LogP contribution in [-0.4, -0.2) is 12.0 Å². The van der Waals surface area contributed by atoms with E-state index in [1.165, 1.54) is 6.07 Å². The zero-order valence-electron chi connectivity index (χ0n) is 10.4. The lowest BCUT2D eigenvalue weighted by Crippen LogP contribution is -2.06. The minimum absolute atomic E-state index is 0.229. The van der Waals surface area contributed by atoms with Gasteiger partial charge in [0.25, 0.3) is 0 Å². The van der Waals surface area contributed by atoms with Crippen LogP contribution in [0.5, 0.6) is 11.5 Å². The van der Waals surface area contributed by atoms with Gasteiger partial charge in [0.05, 0.1) is 0 Å². The Labute approximate surface area is 106 Å². The smallest absolute Gasteiger partial charge is 0.134 e. The van der Waals surface area contributed by atoms with Crippen molar-refractivity contribution in [3.63, 3.8) is 0 Å². The quantitative estimate of drug-likeness (QED) is 0.900. The zero-order valence-corrected chi connectivity index (χ0v) is 10.4. The van der Waals surface area contributed by atoms with Gasteiger partial charge in [-0.3, -0.25) is 4.98 Å². The molecule has 0 amide bonds. The van der Waals surface area contributed by atoms with E-state index in [-0.39, 0.29) is 5.82 Å². The Morgan fingerprint density at radius 2 is 2.17 bits per heavy atom. The van der Waals surface area contributed by atoms with Crippen LogP contribution < -0.4 is 10.1 Å². The SMILES string of the molecule is CNCc1cnccc1Oc1ccc(F)c(C)c1. The van der Waals surface area contributed by atoms with Crippen molar-refractivity contribution in [2.75, 3.05) is 7.05 Å². The number of nitrogens with one attached hydrogen (secondary N) is 1. The van der Waals surface area contributed by atoms with Gasteiger partial charge in [-0.1, -0.05) is 0 Å². The number of aryl methyl sites for hydroxylation is 1. The molecule has 0 aliphatic rings. The van der Waals surface area contributed by atoms with Crippen molar-refractivity contribution < 1.29 is 9.13 Å². The Bertz CT molecular complexity index is 543. The monoisotopic (exact) mass is 246 g/mol. The lowest BCUT2D eigenvalue weighted by molar-refractivity contribution is 0.470. The number of ether oxygens (including phenoxy) is 1. The zero-order chi connectivity index (χ0) is 13.0. The van der Waals surface area contributed by atoms with Gasteiger partial charge >= 0.3 is 0 Å². The van der Waals surface area contributed by atoms with Crippen LogP contribution in [0.3, 0.4) is 0 Å². The minimum atomic E-state index is -0.229. The number of aromatic nitrogens is 1. The van der Waals surface area contributed by atoms with Crippen molar-refractivity contribution in [2.45, 2.75) is 13.5 Å². The van der Waals surface area contributed by atoms with Crippen LogP contribution in [0, 0.1) is 12.7 Å². The normalized spacial score (nSPS) is 10.4. The third-order valence-corrected chi connectivity index (χ3v) is 2.58. The van der Waals surface area contributed by atoms with Crippen LogP contribution in [0.4, 0.5) is 4.39 Å². The molecule has 3 nitrogen and oxygen atoms in total. The van der Waals surface area contributed by atoms with Gasteiger partial charge in [-0.15, -0.1) is 0 Å². The van der Waals surface area contributed by atoms with Gasteiger partial charge in [-0.2, -0.15) is 0 Å². The van der Waals surface area contributed by atoms with E-state index >= 15 is 0 Å². The molecule has 0 bridgehead atoms. The van der Waals surface area contributed by atoms with Crippen molar-refractivity contribution in [3.8, 4) is 11.5 Å². The molecule has 0 saturated carbocycles. The third kappa shape index (κ3) is 2.84. The molecule has 0 saturated heterocycles. The van der Waals surface area contributed by atoms with Gasteiger partial charge in [0.2, 0.25) is 0 Å². The predicted octanol–water partition coefficient (Wildman–Crippen LogP) is 3.04. The van der Waals surface area contributed by atoms with Crippen LogP contribution >= 0.6 is 0 Å². The highest BCUT2D eigenvalue weighted by Crippen LogP contribution is 2.25. The molecule has 1 aromatic carbocycles. The topological polar surface area (TPSA) is 34.2 Å². The van der Waals surface area contributed by atoms with Crippen LogP contribution in [-0.2, 0) is 6.54 Å². The van der Waals surface area contributed by atoms with Crippen LogP contribution in [0.25, 0.3) is 0 Å². The summed E-state index contributed by atoms with van der Waals surface area (Å²) >= 11 is 0. The van der Waals surface area contributed by atoms with Gasteiger partial charge < -0.3 is 10.1 Å². The molecular weight excluding hydrogens is 231 g/mol. The highest BCUT2D eigenvalue weighted by atomic mass is 19.1. The summed E-state index contributed by atoms with van der Waals surface area (Å²) in [4.78, 5) is 4.06. The van der Waals surface area contributed by atoms with Crippen molar-refractivity contribution >= 4 is 0 Å². The molecule has 0 radical (unpaired) electrons. The first-order valence-electron chi connectivity index (χ1n) is 5.72. The minimum Gasteiger partial charge on any atom is -0.457 e. The van der Waals surface area contributed by atoms with Crippen molar-refractivity contribution in [1.82, 2.24) is 10.3 Å². The third-order valence-electron chi connectivity index (χ3n) is 2.58. The van der Waals surface area contributed by atoms with Crippen LogP contribution in [0.2, 0.25) is 0 Å². The maximum atomic E-state index is 13.2. The molecule has 0 aliphatic heterocycles. The van der Waals surface area contributed by atoms with Crippen LogP contribution in [0.1, 0.15) is 11.1 Å². The molecule has 0 fully saturated rings. The summed E-state index contributed by atoms with van der Waals surface area (Å²) in [6, 6.07) is 6.50. The molecule has 0 atom stereocenters. The second-order valence-corrected chi connectivity index (χ2v) is 4.03. The number of benzene rings is 1. The largest absolute Gasteiger partial charge is 0.457 e. The Hall–Kier alpha value is -1.94. The van der Waals surface area contributed by atoms with Gasteiger partial charge in [0.1, 0.15) is 17.3 Å². The Balaban J connectivity index is 2.25. The number of pyridine rings is 1. The molecule has 2 rings (SSSR count). The van der Waals surface area contributed by atoms with E-state index in [9.17, 15) is 4.39 Å². The lowest BCUT2D eigenvalue weighted by atomic mass is 10.2. The fourth-order valence-electron chi connectivity index (χ4n) is 1.64. The first kappa shape index (κ1) is 12.5. The number of hydrogen-bond acceptors (Lipinski definition) is 3. The van der Waals surface area contributed by atoms with Gasteiger partial charge in [-0.05, 0) is 43.8 Å². The Morgan fingerprint density at radius 1 is 1.33 bits per heavy atom. The van der Waals surface area contributed by atoms with Crippen LogP contribution in [0.15, 0.2) is 36.7 Å². The van der Waals surface area contributed by atoms with Gasteiger partial charge in [0, 0.05) is 24.5 Å². The summed E-state index contributed by atoms with van der Waals surface area (Å²) in [5.74, 6) is 1.12. The van der Waals surface area contributed by atoms with E-state index in [0.717, 1.165) is 11.3 Å². The average molecular weight is 246 g/mol. The summed E-state index contributed by atoms with van der Waals surface area (Å²) < 4.78 is 18.9. The summed E-state index contributed by atoms with van der Waals surface area (Å²) in [5, 5.41) is 3.05. The van der Waals surface area contributed by atoms with Gasteiger partial charge in [0.15, 0.2) is 0 Å². The number of nitrogens with zero attached hydrogens (tertiary/aromatic N) is 1. The number of halogens is 1. The number of rotatable bonds is 4. The molecule has 2 aromatic rings. The summed E-state index contributed by atoms with van der Waals surface area (Å²) in [6.07, 6.45) is 3.42. The number of hydrogen-bond donors (Lipinski definition) is 1. The fraction of sp³-hybridized carbons (Fsp3) is 0.214. The van der Waals surface area contributed by atoms with Crippen molar-refractivity contribution in [3.05, 3.63) is 53.6 Å². The lowest BCUT2D eigenvalue weighted by Gasteiger charge is -2.11.